The summed E-state index contributed by atoms with van der Waals surface area (Å²) in [5.74, 6) is -0.813. The van der Waals surface area contributed by atoms with Crippen molar-refractivity contribution < 1.29 is 19.0 Å². The number of carbonyl (C=O) groups is 1. The summed E-state index contributed by atoms with van der Waals surface area (Å²) in [5.41, 5.74) is 0. The minimum absolute atomic E-state index is 0.0167. The van der Waals surface area contributed by atoms with Crippen molar-refractivity contribution in [3.05, 3.63) is 29.0 Å². The second-order valence-electron chi connectivity index (χ2n) is 3.28. The number of halogens is 2. The van der Waals surface area contributed by atoms with Crippen LogP contribution in [0, 0.1) is 5.82 Å². The SMILES string of the molecule is O=C(O)CCCCOc1ccc(F)c(Cl)c1. The van der Waals surface area contributed by atoms with Gasteiger partial charge in [-0.1, -0.05) is 11.6 Å². The van der Waals surface area contributed by atoms with Crippen LogP contribution in [-0.4, -0.2) is 17.7 Å². The smallest absolute Gasteiger partial charge is 0.303 e. The predicted molar refractivity (Wildman–Crippen MR) is 58.4 cm³/mol. The van der Waals surface area contributed by atoms with Gasteiger partial charge in [0.2, 0.25) is 0 Å². The van der Waals surface area contributed by atoms with Crippen LogP contribution in [0.5, 0.6) is 5.75 Å². The molecule has 0 unspecified atom stereocenters. The van der Waals surface area contributed by atoms with Crippen molar-refractivity contribution in [2.24, 2.45) is 0 Å². The molecule has 88 valence electrons. The molecule has 16 heavy (non-hydrogen) atoms. The normalized spacial score (nSPS) is 10.1. The molecule has 0 radical (unpaired) electrons. The molecule has 0 amide bonds. The summed E-state index contributed by atoms with van der Waals surface area (Å²) in [6.07, 6.45) is 1.33. The number of hydrogen-bond donors (Lipinski definition) is 1. The maximum absolute atomic E-state index is 12.8. The highest BCUT2D eigenvalue weighted by atomic mass is 35.5. The van der Waals surface area contributed by atoms with Crippen molar-refractivity contribution >= 4 is 17.6 Å². The van der Waals surface area contributed by atoms with Crippen molar-refractivity contribution in [3.8, 4) is 5.75 Å². The van der Waals surface area contributed by atoms with Gasteiger partial charge in [0.25, 0.3) is 0 Å². The lowest BCUT2D eigenvalue weighted by molar-refractivity contribution is -0.137. The highest BCUT2D eigenvalue weighted by molar-refractivity contribution is 6.30. The van der Waals surface area contributed by atoms with Crippen LogP contribution < -0.4 is 4.74 Å². The van der Waals surface area contributed by atoms with Gasteiger partial charge in [-0.15, -0.1) is 0 Å². The fourth-order valence-electron chi connectivity index (χ4n) is 1.13. The number of aliphatic carboxylic acids is 1. The molecule has 0 saturated heterocycles. The Balaban J connectivity index is 2.27. The molecule has 0 aromatic heterocycles. The van der Waals surface area contributed by atoms with Gasteiger partial charge in [0.1, 0.15) is 11.6 Å². The van der Waals surface area contributed by atoms with E-state index in [0.29, 0.717) is 25.2 Å². The zero-order chi connectivity index (χ0) is 12.0. The molecular weight excluding hydrogens is 235 g/mol. The molecule has 0 aliphatic rings. The van der Waals surface area contributed by atoms with Crippen LogP contribution in [0.4, 0.5) is 4.39 Å². The molecule has 0 heterocycles. The summed E-state index contributed by atoms with van der Waals surface area (Å²) in [4.78, 5) is 10.2. The van der Waals surface area contributed by atoms with Crippen molar-refractivity contribution in [2.75, 3.05) is 6.61 Å². The third-order valence-electron chi connectivity index (χ3n) is 1.94. The Kier molecular flexibility index (Phi) is 5.05. The molecule has 1 N–H and O–H groups in total. The highest BCUT2D eigenvalue weighted by Crippen LogP contribution is 2.21. The molecule has 1 aromatic rings. The molecular formula is C11H12ClFO3. The van der Waals surface area contributed by atoms with Gasteiger partial charge in [0.15, 0.2) is 0 Å². The van der Waals surface area contributed by atoms with E-state index in [0.717, 1.165) is 0 Å². The van der Waals surface area contributed by atoms with E-state index in [1.54, 1.807) is 0 Å². The lowest BCUT2D eigenvalue weighted by Crippen LogP contribution is -2.00. The number of hydrogen-bond acceptors (Lipinski definition) is 2. The lowest BCUT2D eigenvalue weighted by Gasteiger charge is -2.05. The fraction of sp³-hybridized carbons (Fsp3) is 0.364. The second kappa shape index (κ2) is 6.33. The van der Waals surface area contributed by atoms with Gasteiger partial charge in [0.05, 0.1) is 11.6 Å². The van der Waals surface area contributed by atoms with E-state index in [1.807, 2.05) is 0 Å². The van der Waals surface area contributed by atoms with E-state index in [9.17, 15) is 9.18 Å². The highest BCUT2D eigenvalue weighted by Gasteiger charge is 2.02. The minimum atomic E-state index is -0.815. The Morgan fingerprint density at radius 3 is 2.81 bits per heavy atom. The van der Waals surface area contributed by atoms with E-state index in [4.69, 9.17) is 21.4 Å². The molecule has 0 fully saturated rings. The van der Waals surface area contributed by atoms with Crippen molar-refractivity contribution in [1.29, 1.82) is 0 Å². The van der Waals surface area contributed by atoms with Crippen LogP contribution in [0.15, 0.2) is 18.2 Å². The topological polar surface area (TPSA) is 46.5 Å². The van der Waals surface area contributed by atoms with Crippen LogP contribution in [0.1, 0.15) is 19.3 Å². The molecule has 1 rings (SSSR count). The zero-order valence-electron chi connectivity index (χ0n) is 8.58. The number of rotatable bonds is 6. The maximum Gasteiger partial charge on any atom is 0.303 e. The Morgan fingerprint density at radius 2 is 2.19 bits per heavy atom. The number of ether oxygens (including phenoxy) is 1. The van der Waals surface area contributed by atoms with Crippen LogP contribution in [0.25, 0.3) is 0 Å². The molecule has 0 saturated carbocycles. The molecule has 0 atom stereocenters. The molecule has 1 aromatic carbocycles. The van der Waals surface area contributed by atoms with E-state index >= 15 is 0 Å². The largest absolute Gasteiger partial charge is 0.494 e. The predicted octanol–water partition coefficient (Wildman–Crippen LogP) is 3.11. The Labute approximate surface area is 97.8 Å². The van der Waals surface area contributed by atoms with Crippen molar-refractivity contribution in [3.63, 3.8) is 0 Å². The molecule has 3 nitrogen and oxygen atoms in total. The average molecular weight is 247 g/mol. The number of carboxylic acid groups (broad SMARTS) is 1. The molecule has 5 heteroatoms. The summed E-state index contributed by atoms with van der Waals surface area (Å²) in [5, 5.41) is 8.41. The molecule has 0 spiro atoms. The van der Waals surface area contributed by atoms with Crippen LogP contribution in [0.2, 0.25) is 5.02 Å². The van der Waals surface area contributed by atoms with Crippen LogP contribution in [0.3, 0.4) is 0 Å². The first-order valence-electron chi connectivity index (χ1n) is 4.89. The second-order valence-corrected chi connectivity index (χ2v) is 3.68. The summed E-state index contributed by atoms with van der Waals surface area (Å²) in [6, 6.07) is 4.11. The summed E-state index contributed by atoms with van der Waals surface area (Å²) in [7, 11) is 0. The number of unbranched alkanes of at least 4 members (excludes halogenated alkanes) is 1. The fourth-order valence-corrected chi connectivity index (χ4v) is 1.31. The summed E-state index contributed by atoms with van der Waals surface area (Å²) in [6.45, 7) is 0.398. The summed E-state index contributed by atoms with van der Waals surface area (Å²) >= 11 is 5.56. The first-order valence-corrected chi connectivity index (χ1v) is 5.27. The van der Waals surface area contributed by atoms with Gasteiger partial charge in [0, 0.05) is 12.5 Å². The molecule has 0 bridgehead atoms. The third kappa shape index (κ3) is 4.49. The molecule has 0 aliphatic heterocycles. The van der Waals surface area contributed by atoms with E-state index < -0.39 is 11.8 Å². The van der Waals surface area contributed by atoms with E-state index in [2.05, 4.69) is 0 Å². The Morgan fingerprint density at radius 1 is 1.44 bits per heavy atom. The maximum atomic E-state index is 12.8. The average Bonchev–Trinajstić information content (AvgIpc) is 2.22. The minimum Gasteiger partial charge on any atom is -0.494 e. The Hall–Kier alpha value is -1.29. The lowest BCUT2D eigenvalue weighted by atomic mass is 10.2. The van der Waals surface area contributed by atoms with Gasteiger partial charge in [-0.2, -0.15) is 0 Å². The number of carboxylic acids is 1. The standard InChI is InChI=1S/C11H12ClFO3/c12-9-7-8(4-5-10(9)13)16-6-2-1-3-11(14)15/h4-5,7H,1-3,6H2,(H,14,15). The van der Waals surface area contributed by atoms with E-state index in [-0.39, 0.29) is 11.4 Å². The quantitative estimate of drug-likeness (QED) is 0.785. The third-order valence-corrected chi connectivity index (χ3v) is 2.23. The van der Waals surface area contributed by atoms with Gasteiger partial charge < -0.3 is 9.84 Å². The number of benzene rings is 1. The van der Waals surface area contributed by atoms with Gasteiger partial charge >= 0.3 is 5.97 Å². The van der Waals surface area contributed by atoms with Gasteiger partial charge in [-0.25, -0.2) is 4.39 Å². The first kappa shape index (κ1) is 12.8. The monoisotopic (exact) mass is 246 g/mol. The van der Waals surface area contributed by atoms with Crippen LogP contribution in [-0.2, 0) is 4.79 Å². The van der Waals surface area contributed by atoms with Crippen molar-refractivity contribution in [1.82, 2.24) is 0 Å². The van der Waals surface area contributed by atoms with Gasteiger partial charge in [-0.3, -0.25) is 4.79 Å². The van der Waals surface area contributed by atoms with Crippen LogP contribution >= 0.6 is 11.6 Å². The Bertz CT molecular complexity index is 368. The van der Waals surface area contributed by atoms with E-state index in [1.165, 1.54) is 18.2 Å². The summed E-state index contributed by atoms with van der Waals surface area (Å²) < 4.78 is 18.1. The zero-order valence-corrected chi connectivity index (χ0v) is 9.34. The first-order chi connectivity index (χ1) is 7.59. The van der Waals surface area contributed by atoms with Crippen molar-refractivity contribution in [2.45, 2.75) is 19.3 Å². The molecule has 0 aliphatic carbocycles. The van der Waals surface area contributed by atoms with Gasteiger partial charge in [-0.05, 0) is 25.0 Å².